The van der Waals surface area contributed by atoms with Crippen molar-refractivity contribution in [3.05, 3.63) is 18.3 Å². The Morgan fingerprint density at radius 3 is 3.55 bits per heavy atom. The van der Waals surface area contributed by atoms with Crippen LogP contribution < -0.4 is 10.1 Å². The smallest absolute Gasteiger partial charge is 0.168 e. The maximum atomic E-state index is 5.51. The summed E-state index contributed by atoms with van der Waals surface area (Å²) in [5.41, 5.74) is 0. The van der Waals surface area contributed by atoms with Gasteiger partial charge in [0.05, 0.1) is 6.54 Å². The van der Waals surface area contributed by atoms with Gasteiger partial charge in [0.25, 0.3) is 0 Å². The van der Waals surface area contributed by atoms with Crippen LogP contribution in [0.15, 0.2) is 18.3 Å². The summed E-state index contributed by atoms with van der Waals surface area (Å²) in [7, 11) is 0. The number of rotatable bonds is 0. The predicted molar refractivity (Wildman–Crippen MR) is 42.8 cm³/mol. The molecule has 0 radical (unpaired) electrons. The van der Waals surface area contributed by atoms with Crippen LogP contribution in [0.3, 0.4) is 0 Å². The molecule has 1 N–H and O–H groups in total. The minimum atomic E-state index is 0.242. The van der Waals surface area contributed by atoms with E-state index in [1.54, 1.807) is 6.20 Å². The minimum absolute atomic E-state index is 0.242. The highest BCUT2D eigenvalue weighted by molar-refractivity contribution is 5.51. The molecule has 1 aliphatic heterocycles. The van der Waals surface area contributed by atoms with E-state index in [1.807, 2.05) is 19.1 Å². The van der Waals surface area contributed by atoms with Crippen molar-refractivity contribution < 1.29 is 4.74 Å². The Bertz CT molecular complexity index is 262. The Labute approximate surface area is 65.4 Å². The molecule has 0 aliphatic carbocycles. The van der Waals surface area contributed by atoms with E-state index in [-0.39, 0.29) is 6.10 Å². The van der Waals surface area contributed by atoms with E-state index in [9.17, 15) is 0 Å². The Morgan fingerprint density at radius 2 is 2.64 bits per heavy atom. The molecule has 1 unspecified atom stereocenters. The van der Waals surface area contributed by atoms with Crippen molar-refractivity contribution in [2.45, 2.75) is 13.0 Å². The summed E-state index contributed by atoms with van der Waals surface area (Å²) in [4.78, 5) is 4.12. The molecule has 0 amide bonds. The van der Waals surface area contributed by atoms with Crippen molar-refractivity contribution in [1.82, 2.24) is 4.98 Å². The van der Waals surface area contributed by atoms with Gasteiger partial charge >= 0.3 is 0 Å². The summed E-state index contributed by atoms with van der Waals surface area (Å²) in [5.74, 6) is 1.71. The molecule has 2 heterocycles. The van der Waals surface area contributed by atoms with E-state index in [0.29, 0.717) is 0 Å². The van der Waals surface area contributed by atoms with E-state index in [0.717, 1.165) is 18.1 Å². The number of hydrogen-bond donors (Lipinski definition) is 1. The summed E-state index contributed by atoms with van der Waals surface area (Å²) < 4.78 is 5.51. The quantitative estimate of drug-likeness (QED) is 0.604. The molecule has 1 aliphatic rings. The van der Waals surface area contributed by atoms with Gasteiger partial charge in [-0.25, -0.2) is 4.98 Å². The standard InChI is InChI=1S/C8H10N2O/c1-6-5-10-8-7(11-6)3-2-4-9-8/h2-4,6H,5H2,1H3,(H,9,10). The molecule has 2 rings (SSSR count). The van der Waals surface area contributed by atoms with Gasteiger partial charge < -0.3 is 10.1 Å². The summed E-state index contributed by atoms with van der Waals surface area (Å²) in [6.45, 7) is 2.87. The number of anilines is 1. The molecule has 1 aromatic heterocycles. The lowest BCUT2D eigenvalue weighted by Gasteiger charge is -2.23. The summed E-state index contributed by atoms with van der Waals surface area (Å²) in [6, 6.07) is 3.80. The molecule has 3 nitrogen and oxygen atoms in total. The Balaban J connectivity index is 2.34. The number of hydrogen-bond acceptors (Lipinski definition) is 3. The van der Waals surface area contributed by atoms with Crippen molar-refractivity contribution in [2.24, 2.45) is 0 Å². The second-order valence-corrected chi connectivity index (χ2v) is 2.66. The van der Waals surface area contributed by atoms with E-state index in [1.165, 1.54) is 0 Å². The van der Waals surface area contributed by atoms with Crippen LogP contribution in [-0.2, 0) is 0 Å². The molecule has 3 heteroatoms. The van der Waals surface area contributed by atoms with E-state index < -0.39 is 0 Å². The Kier molecular flexibility index (Phi) is 1.42. The highest BCUT2D eigenvalue weighted by Gasteiger charge is 2.14. The molecule has 0 fully saturated rings. The lowest BCUT2D eigenvalue weighted by atomic mass is 10.3. The normalized spacial score (nSPS) is 21.4. The van der Waals surface area contributed by atoms with Gasteiger partial charge in [0.2, 0.25) is 0 Å². The van der Waals surface area contributed by atoms with Crippen LogP contribution in [0.2, 0.25) is 0 Å². The third kappa shape index (κ3) is 1.13. The predicted octanol–water partition coefficient (Wildman–Crippen LogP) is 1.27. The number of nitrogens with zero attached hydrogens (tertiary/aromatic N) is 1. The zero-order valence-electron chi connectivity index (χ0n) is 6.37. The summed E-state index contributed by atoms with van der Waals surface area (Å²) >= 11 is 0. The fourth-order valence-electron chi connectivity index (χ4n) is 1.12. The van der Waals surface area contributed by atoms with Gasteiger partial charge in [-0.15, -0.1) is 0 Å². The van der Waals surface area contributed by atoms with Crippen LogP contribution in [-0.4, -0.2) is 17.6 Å². The first kappa shape index (κ1) is 6.46. The molecular formula is C8H10N2O. The third-order valence-corrected chi connectivity index (χ3v) is 1.66. The van der Waals surface area contributed by atoms with Gasteiger partial charge in [-0.05, 0) is 19.1 Å². The largest absolute Gasteiger partial charge is 0.485 e. The first-order valence-corrected chi connectivity index (χ1v) is 3.72. The third-order valence-electron chi connectivity index (χ3n) is 1.66. The lowest BCUT2D eigenvalue weighted by Crippen LogP contribution is -2.28. The van der Waals surface area contributed by atoms with Crippen LogP contribution in [0.5, 0.6) is 5.75 Å². The topological polar surface area (TPSA) is 34.2 Å². The average molecular weight is 150 g/mol. The molecular weight excluding hydrogens is 140 g/mol. The van der Waals surface area contributed by atoms with Gasteiger partial charge in [0.1, 0.15) is 6.10 Å². The van der Waals surface area contributed by atoms with Crippen molar-refractivity contribution in [3.8, 4) is 5.75 Å². The van der Waals surface area contributed by atoms with Crippen molar-refractivity contribution in [1.29, 1.82) is 0 Å². The van der Waals surface area contributed by atoms with Gasteiger partial charge in [-0.3, -0.25) is 0 Å². The van der Waals surface area contributed by atoms with Gasteiger partial charge in [0.15, 0.2) is 11.6 Å². The monoisotopic (exact) mass is 150 g/mol. The fourth-order valence-corrected chi connectivity index (χ4v) is 1.12. The zero-order valence-corrected chi connectivity index (χ0v) is 6.37. The number of ether oxygens (including phenoxy) is 1. The molecule has 0 bridgehead atoms. The van der Waals surface area contributed by atoms with Gasteiger partial charge in [0, 0.05) is 6.20 Å². The van der Waals surface area contributed by atoms with E-state index in [4.69, 9.17) is 4.74 Å². The molecule has 1 aromatic rings. The van der Waals surface area contributed by atoms with Crippen LogP contribution in [0.1, 0.15) is 6.92 Å². The molecule has 0 saturated carbocycles. The number of aromatic nitrogens is 1. The van der Waals surface area contributed by atoms with Crippen LogP contribution in [0, 0.1) is 0 Å². The van der Waals surface area contributed by atoms with E-state index in [2.05, 4.69) is 10.3 Å². The molecule has 0 saturated heterocycles. The van der Waals surface area contributed by atoms with Gasteiger partial charge in [-0.2, -0.15) is 0 Å². The molecule has 58 valence electrons. The Morgan fingerprint density at radius 1 is 1.73 bits per heavy atom. The van der Waals surface area contributed by atoms with Crippen LogP contribution >= 0.6 is 0 Å². The first-order valence-electron chi connectivity index (χ1n) is 3.72. The van der Waals surface area contributed by atoms with Crippen LogP contribution in [0.25, 0.3) is 0 Å². The number of fused-ring (bicyclic) bond motifs is 1. The second-order valence-electron chi connectivity index (χ2n) is 2.66. The number of pyridine rings is 1. The molecule has 0 aromatic carbocycles. The highest BCUT2D eigenvalue weighted by Crippen LogP contribution is 2.25. The highest BCUT2D eigenvalue weighted by atomic mass is 16.5. The molecule has 0 spiro atoms. The Hall–Kier alpha value is -1.25. The van der Waals surface area contributed by atoms with Gasteiger partial charge in [-0.1, -0.05) is 0 Å². The summed E-state index contributed by atoms with van der Waals surface area (Å²) in [5, 5.41) is 3.18. The SMILES string of the molecule is CC1CNc2ncccc2O1. The molecule has 1 atom stereocenters. The van der Waals surface area contributed by atoms with E-state index >= 15 is 0 Å². The van der Waals surface area contributed by atoms with Crippen LogP contribution in [0.4, 0.5) is 5.82 Å². The maximum absolute atomic E-state index is 5.51. The first-order chi connectivity index (χ1) is 5.36. The summed E-state index contributed by atoms with van der Waals surface area (Å²) in [6.07, 6.45) is 2.00. The number of nitrogens with one attached hydrogen (secondary N) is 1. The minimum Gasteiger partial charge on any atom is -0.485 e. The molecule has 11 heavy (non-hydrogen) atoms. The average Bonchev–Trinajstić information content (AvgIpc) is 2.04. The maximum Gasteiger partial charge on any atom is 0.168 e. The fraction of sp³-hybridized carbons (Fsp3) is 0.375. The lowest BCUT2D eigenvalue weighted by molar-refractivity contribution is 0.224. The van der Waals surface area contributed by atoms with Crippen molar-refractivity contribution >= 4 is 5.82 Å². The second kappa shape index (κ2) is 2.42. The van der Waals surface area contributed by atoms with Crippen molar-refractivity contribution in [3.63, 3.8) is 0 Å². The van der Waals surface area contributed by atoms with Crippen molar-refractivity contribution in [2.75, 3.05) is 11.9 Å². The zero-order chi connectivity index (χ0) is 7.68.